The zero-order valence-corrected chi connectivity index (χ0v) is 9.73. The number of hydrogen-bond donors (Lipinski definition) is 3. The third-order valence-corrected chi connectivity index (χ3v) is 3.43. The van der Waals surface area contributed by atoms with Crippen molar-refractivity contribution in [1.29, 1.82) is 0 Å². The second-order valence-electron chi connectivity index (χ2n) is 4.57. The predicted octanol–water partition coefficient (Wildman–Crippen LogP) is 1.71. The molecule has 0 bridgehead atoms. The summed E-state index contributed by atoms with van der Waals surface area (Å²) in [5.74, 6) is 0.591. The maximum Gasteiger partial charge on any atom is 0.227 e. The van der Waals surface area contributed by atoms with E-state index in [0.717, 1.165) is 24.9 Å². The molecule has 2 rings (SSSR count). The zero-order valence-electron chi connectivity index (χ0n) is 9.73. The Morgan fingerprint density at radius 3 is 2.71 bits per heavy atom. The average Bonchev–Trinajstić information content (AvgIpc) is 2.80. The van der Waals surface area contributed by atoms with E-state index in [1.165, 1.54) is 0 Å². The molecule has 0 saturated heterocycles. The van der Waals surface area contributed by atoms with Crippen LogP contribution in [0, 0.1) is 11.8 Å². The topological polar surface area (TPSA) is 75.4 Å². The molecular formula is C13H18N2O2. The Bertz CT molecular complexity index is 389. The molecule has 4 nitrogen and oxygen atoms in total. The molecule has 1 amide bonds. The summed E-state index contributed by atoms with van der Waals surface area (Å²) in [5.41, 5.74) is 6.38. The first-order valence-corrected chi connectivity index (χ1v) is 6.00. The van der Waals surface area contributed by atoms with Crippen molar-refractivity contribution in [3.05, 3.63) is 24.3 Å². The molecule has 0 spiro atoms. The number of aromatic hydroxyl groups is 1. The molecule has 1 aromatic rings. The van der Waals surface area contributed by atoms with Gasteiger partial charge in [0.05, 0.1) is 0 Å². The maximum atomic E-state index is 12.0. The quantitative estimate of drug-likeness (QED) is 0.697. The van der Waals surface area contributed by atoms with Gasteiger partial charge >= 0.3 is 0 Å². The summed E-state index contributed by atoms with van der Waals surface area (Å²) in [6.45, 7) is 0.577. The first-order valence-electron chi connectivity index (χ1n) is 6.00. The standard InChI is InChI=1S/C13H18N2O2/c14-8-9-2-1-3-12(9)13(17)15-10-4-6-11(16)7-5-10/h4-7,9,12,16H,1-3,8,14H2,(H,15,17)/t9-,12-/m1/s1. The van der Waals surface area contributed by atoms with Gasteiger partial charge in [0.25, 0.3) is 0 Å². The lowest BCUT2D eigenvalue weighted by molar-refractivity contribution is -0.120. The van der Waals surface area contributed by atoms with Gasteiger partial charge in [-0.1, -0.05) is 6.42 Å². The number of carbonyl (C=O) groups excluding carboxylic acids is 1. The molecule has 92 valence electrons. The van der Waals surface area contributed by atoms with E-state index in [2.05, 4.69) is 5.32 Å². The molecule has 0 radical (unpaired) electrons. The normalized spacial score (nSPS) is 23.6. The van der Waals surface area contributed by atoms with Gasteiger partial charge < -0.3 is 16.2 Å². The van der Waals surface area contributed by atoms with E-state index in [9.17, 15) is 4.79 Å². The molecule has 17 heavy (non-hydrogen) atoms. The second kappa shape index (κ2) is 5.19. The maximum absolute atomic E-state index is 12.0. The van der Waals surface area contributed by atoms with E-state index >= 15 is 0 Å². The molecule has 0 aromatic heterocycles. The largest absolute Gasteiger partial charge is 0.508 e. The van der Waals surface area contributed by atoms with E-state index in [1.807, 2.05) is 0 Å². The summed E-state index contributed by atoms with van der Waals surface area (Å²) in [6.07, 6.45) is 3.05. The highest BCUT2D eigenvalue weighted by Gasteiger charge is 2.31. The van der Waals surface area contributed by atoms with Crippen molar-refractivity contribution in [2.45, 2.75) is 19.3 Å². The fourth-order valence-corrected chi connectivity index (χ4v) is 2.44. The van der Waals surface area contributed by atoms with Gasteiger partial charge in [-0.2, -0.15) is 0 Å². The Morgan fingerprint density at radius 2 is 2.06 bits per heavy atom. The minimum Gasteiger partial charge on any atom is -0.508 e. The van der Waals surface area contributed by atoms with E-state index in [0.29, 0.717) is 12.5 Å². The number of anilines is 1. The van der Waals surface area contributed by atoms with Gasteiger partial charge in [-0.05, 0) is 49.6 Å². The molecule has 4 heteroatoms. The van der Waals surface area contributed by atoms with E-state index < -0.39 is 0 Å². The van der Waals surface area contributed by atoms with Gasteiger partial charge in [0.2, 0.25) is 5.91 Å². The van der Waals surface area contributed by atoms with Crippen LogP contribution in [0.25, 0.3) is 0 Å². The van der Waals surface area contributed by atoms with Crippen LogP contribution in [-0.4, -0.2) is 17.6 Å². The van der Waals surface area contributed by atoms with Crippen LogP contribution in [0.15, 0.2) is 24.3 Å². The molecule has 1 aromatic carbocycles. The predicted molar refractivity (Wildman–Crippen MR) is 66.6 cm³/mol. The van der Waals surface area contributed by atoms with Crippen LogP contribution in [0.4, 0.5) is 5.69 Å². The number of phenols is 1. The lowest BCUT2D eigenvalue weighted by Gasteiger charge is -2.17. The van der Waals surface area contributed by atoms with Crippen LogP contribution >= 0.6 is 0 Å². The molecule has 0 unspecified atom stereocenters. The van der Waals surface area contributed by atoms with Crippen LogP contribution in [0.5, 0.6) is 5.75 Å². The lowest BCUT2D eigenvalue weighted by atomic mass is 9.95. The number of nitrogens with two attached hydrogens (primary N) is 1. The number of carbonyl (C=O) groups is 1. The first kappa shape index (κ1) is 11.9. The van der Waals surface area contributed by atoms with Crippen LogP contribution in [0.1, 0.15) is 19.3 Å². The Labute approximate surface area is 101 Å². The Kier molecular flexibility index (Phi) is 3.64. The second-order valence-corrected chi connectivity index (χ2v) is 4.57. The van der Waals surface area contributed by atoms with Gasteiger partial charge in [-0.15, -0.1) is 0 Å². The Balaban J connectivity index is 1.99. The smallest absolute Gasteiger partial charge is 0.227 e. The van der Waals surface area contributed by atoms with Crippen molar-refractivity contribution in [3.63, 3.8) is 0 Å². The molecule has 0 heterocycles. The molecule has 1 aliphatic rings. The summed E-state index contributed by atoms with van der Waals surface area (Å²) < 4.78 is 0. The number of nitrogens with one attached hydrogen (secondary N) is 1. The van der Waals surface area contributed by atoms with Crippen molar-refractivity contribution in [3.8, 4) is 5.75 Å². The van der Waals surface area contributed by atoms with Crippen LogP contribution < -0.4 is 11.1 Å². The SMILES string of the molecule is NC[C@H]1CCC[C@H]1C(=O)Nc1ccc(O)cc1. The first-order chi connectivity index (χ1) is 8.20. The highest BCUT2D eigenvalue weighted by atomic mass is 16.3. The summed E-state index contributed by atoms with van der Waals surface area (Å²) >= 11 is 0. The molecule has 1 fully saturated rings. The number of hydrogen-bond acceptors (Lipinski definition) is 3. The molecule has 1 saturated carbocycles. The van der Waals surface area contributed by atoms with E-state index in [4.69, 9.17) is 10.8 Å². The highest BCUT2D eigenvalue weighted by Crippen LogP contribution is 2.31. The zero-order chi connectivity index (χ0) is 12.3. The van der Waals surface area contributed by atoms with E-state index in [1.54, 1.807) is 24.3 Å². The lowest BCUT2D eigenvalue weighted by Crippen LogP contribution is -2.29. The summed E-state index contributed by atoms with van der Waals surface area (Å²) in [7, 11) is 0. The monoisotopic (exact) mass is 234 g/mol. The van der Waals surface area contributed by atoms with Gasteiger partial charge in [0, 0.05) is 11.6 Å². The number of phenolic OH excluding ortho intramolecular Hbond substituents is 1. The average molecular weight is 234 g/mol. The molecule has 4 N–H and O–H groups in total. The van der Waals surface area contributed by atoms with Crippen molar-refractivity contribution in [2.75, 3.05) is 11.9 Å². The molecule has 1 aliphatic carbocycles. The van der Waals surface area contributed by atoms with Crippen molar-refractivity contribution < 1.29 is 9.90 Å². The van der Waals surface area contributed by atoms with Crippen molar-refractivity contribution >= 4 is 11.6 Å². The van der Waals surface area contributed by atoms with Crippen LogP contribution in [-0.2, 0) is 4.79 Å². The molecular weight excluding hydrogens is 216 g/mol. The Hall–Kier alpha value is -1.55. The van der Waals surface area contributed by atoms with Gasteiger partial charge in [-0.3, -0.25) is 4.79 Å². The molecule has 0 aliphatic heterocycles. The fourth-order valence-electron chi connectivity index (χ4n) is 2.44. The third kappa shape index (κ3) is 2.77. The van der Waals surface area contributed by atoms with Gasteiger partial charge in [0.1, 0.15) is 5.75 Å². The van der Waals surface area contributed by atoms with Gasteiger partial charge in [0.15, 0.2) is 0 Å². The fraction of sp³-hybridized carbons (Fsp3) is 0.462. The number of rotatable bonds is 3. The van der Waals surface area contributed by atoms with Crippen molar-refractivity contribution in [1.82, 2.24) is 0 Å². The van der Waals surface area contributed by atoms with E-state index in [-0.39, 0.29) is 17.6 Å². The van der Waals surface area contributed by atoms with Crippen LogP contribution in [0.2, 0.25) is 0 Å². The summed E-state index contributed by atoms with van der Waals surface area (Å²) in [5, 5.41) is 12.0. The minimum atomic E-state index is 0.0359. The van der Waals surface area contributed by atoms with Crippen molar-refractivity contribution in [2.24, 2.45) is 17.6 Å². The highest BCUT2D eigenvalue weighted by molar-refractivity contribution is 5.92. The third-order valence-electron chi connectivity index (χ3n) is 3.43. The number of amides is 1. The summed E-state index contributed by atoms with van der Waals surface area (Å²) in [4.78, 5) is 12.0. The Morgan fingerprint density at radius 1 is 1.35 bits per heavy atom. The molecule has 2 atom stereocenters. The number of benzene rings is 1. The van der Waals surface area contributed by atoms with Gasteiger partial charge in [-0.25, -0.2) is 0 Å². The van der Waals surface area contributed by atoms with Crippen LogP contribution in [0.3, 0.4) is 0 Å². The summed E-state index contributed by atoms with van der Waals surface area (Å²) in [6, 6.07) is 6.51. The minimum absolute atomic E-state index is 0.0359.